The van der Waals surface area contributed by atoms with Crippen molar-refractivity contribution in [1.29, 1.82) is 0 Å². The summed E-state index contributed by atoms with van der Waals surface area (Å²) in [6.45, 7) is 2.06. The molecule has 0 spiro atoms. The van der Waals surface area contributed by atoms with Gasteiger partial charge >= 0.3 is 0 Å². The Morgan fingerprint density at radius 3 is 2.17 bits per heavy atom. The Hall–Kier alpha value is -4.51. The second-order valence-electron chi connectivity index (χ2n) is 8.09. The summed E-state index contributed by atoms with van der Waals surface area (Å²) in [7, 11) is 3.24. The van der Waals surface area contributed by atoms with Crippen LogP contribution in [0.25, 0.3) is 22.3 Å². The van der Waals surface area contributed by atoms with Crippen molar-refractivity contribution in [3.8, 4) is 34.3 Å². The first-order valence-electron chi connectivity index (χ1n) is 11.3. The van der Waals surface area contributed by atoms with Crippen molar-refractivity contribution in [1.82, 2.24) is 0 Å². The number of ether oxygens (including phenoxy) is 3. The third-order valence-corrected chi connectivity index (χ3v) is 5.63. The highest BCUT2D eigenvalue weighted by Crippen LogP contribution is 2.33. The lowest BCUT2D eigenvalue weighted by molar-refractivity contribution is 0.355. The first kappa shape index (κ1) is 22.3. The molecule has 0 amide bonds. The first-order valence-corrected chi connectivity index (χ1v) is 11.3. The molecule has 1 aromatic heterocycles. The third kappa shape index (κ3) is 4.89. The van der Waals surface area contributed by atoms with Crippen LogP contribution >= 0.6 is 0 Å². The largest absolute Gasteiger partial charge is 0.493 e. The molecule has 5 aromatic rings. The summed E-state index contributed by atoms with van der Waals surface area (Å²) in [6.07, 6.45) is 0. The predicted octanol–water partition coefficient (Wildman–Crippen LogP) is 7.45. The smallest absolute Gasteiger partial charge is 0.161 e. The Bertz CT molecular complexity index is 1540. The lowest BCUT2D eigenvalue weighted by Crippen LogP contribution is -2.03. The van der Waals surface area contributed by atoms with Crippen LogP contribution in [0, 0.1) is 6.92 Å². The Morgan fingerprint density at radius 1 is 0.686 bits per heavy atom. The number of rotatable bonds is 6. The van der Waals surface area contributed by atoms with Crippen molar-refractivity contribution in [3.05, 3.63) is 108 Å². The zero-order valence-electron chi connectivity index (χ0n) is 19.8. The molecule has 0 radical (unpaired) electrons. The number of hydrogen-bond donors (Lipinski definition) is 0. The summed E-state index contributed by atoms with van der Waals surface area (Å²) in [6, 6.07) is 31.2. The molecule has 0 aliphatic heterocycles. The molecule has 5 nitrogen and oxygen atoms in total. The second-order valence-corrected chi connectivity index (χ2v) is 8.09. The molecule has 0 unspecified atom stereocenters. The van der Waals surface area contributed by atoms with Crippen molar-refractivity contribution >= 4 is 16.7 Å². The van der Waals surface area contributed by atoms with Crippen LogP contribution in [-0.2, 0) is 0 Å². The van der Waals surface area contributed by atoms with Gasteiger partial charge in [0, 0.05) is 17.0 Å². The molecule has 4 aromatic carbocycles. The van der Waals surface area contributed by atoms with Crippen LogP contribution in [0.1, 0.15) is 5.56 Å². The van der Waals surface area contributed by atoms with Crippen LogP contribution in [-0.4, -0.2) is 14.2 Å². The molecule has 0 saturated heterocycles. The number of hydrogen-bond acceptors (Lipinski definition) is 5. The number of aryl methyl sites for hydroxylation is 1. The Labute approximate surface area is 203 Å². The van der Waals surface area contributed by atoms with E-state index in [0.29, 0.717) is 17.3 Å². The highest BCUT2D eigenvalue weighted by atomic mass is 16.5. The minimum Gasteiger partial charge on any atom is -0.493 e. The lowest BCUT2D eigenvalue weighted by atomic mass is 10.1. The lowest BCUT2D eigenvalue weighted by Gasteiger charge is -2.10. The number of benzene rings is 4. The quantitative estimate of drug-likeness (QED) is 0.262. The molecule has 5 rings (SSSR count). The average molecular weight is 464 g/mol. The van der Waals surface area contributed by atoms with Crippen LogP contribution in [0.15, 0.2) is 106 Å². The summed E-state index contributed by atoms with van der Waals surface area (Å²) >= 11 is 0. The molecule has 0 aliphatic rings. The van der Waals surface area contributed by atoms with Crippen molar-refractivity contribution < 1.29 is 18.6 Å². The molecule has 0 saturated carbocycles. The van der Waals surface area contributed by atoms with Gasteiger partial charge in [-0.1, -0.05) is 29.8 Å². The summed E-state index contributed by atoms with van der Waals surface area (Å²) in [4.78, 5) is 4.95. The van der Waals surface area contributed by atoms with Gasteiger partial charge in [-0.15, -0.1) is 0 Å². The molecule has 0 fully saturated rings. The molecule has 174 valence electrons. The van der Waals surface area contributed by atoms with E-state index in [2.05, 4.69) is 13.0 Å². The van der Waals surface area contributed by atoms with E-state index in [-0.39, 0.29) is 0 Å². The van der Waals surface area contributed by atoms with Crippen molar-refractivity contribution in [3.63, 3.8) is 0 Å². The zero-order valence-corrected chi connectivity index (χ0v) is 19.8. The van der Waals surface area contributed by atoms with Gasteiger partial charge in [0.1, 0.15) is 22.8 Å². The number of methoxy groups -OCH3 is 2. The van der Waals surface area contributed by atoms with E-state index in [0.717, 1.165) is 44.6 Å². The van der Waals surface area contributed by atoms with Crippen LogP contribution in [0.5, 0.6) is 23.0 Å². The zero-order chi connectivity index (χ0) is 24.2. The van der Waals surface area contributed by atoms with Gasteiger partial charge in [-0.05, 0) is 73.7 Å². The highest BCUT2D eigenvalue weighted by Gasteiger charge is 2.11. The summed E-state index contributed by atoms with van der Waals surface area (Å²) in [5.74, 6) is 3.53. The van der Waals surface area contributed by atoms with Gasteiger partial charge in [-0.2, -0.15) is 0 Å². The van der Waals surface area contributed by atoms with E-state index in [4.69, 9.17) is 23.6 Å². The van der Waals surface area contributed by atoms with Crippen LogP contribution in [0.3, 0.4) is 0 Å². The van der Waals surface area contributed by atoms with Gasteiger partial charge in [0.2, 0.25) is 0 Å². The normalized spacial score (nSPS) is 11.5. The van der Waals surface area contributed by atoms with Crippen molar-refractivity contribution in [2.75, 3.05) is 14.2 Å². The fraction of sp³-hybridized carbons (Fsp3) is 0.100. The van der Waals surface area contributed by atoms with E-state index < -0.39 is 0 Å². The topological polar surface area (TPSA) is 53.2 Å². The van der Waals surface area contributed by atoms with Gasteiger partial charge < -0.3 is 18.6 Å². The predicted molar refractivity (Wildman–Crippen MR) is 138 cm³/mol. The fourth-order valence-corrected chi connectivity index (χ4v) is 3.86. The Morgan fingerprint density at radius 2 is 1.43 bits per heavy atom. The Balaban J connectivity index is 1.58. The third-order valence-electron chi connectivity index (χ3n) is 5.63. The van der Waals surface area contributed by atoms with Gasteiger partial charge in [-0.3, -0.25) is 0 Å². The second kappa shape index (κ2) is 9.77. The number of para-hydroxylation sites is 1. The van der Waals surface area contributed by atoms with Crippen molar-refractivity contribution in [2.45, 2.75) is 6.92 Å². The average Bonchev–Trinajstić information content (AvgIpc) is 2.90. The minimum atomic E-state index is 0.636. The summed E-state index contributed by atoms with van der Waals surface area (Å²) < 4.78 is 23.0. The highest BCUT2D eigenvalue weighted by molar-refractivity contribution is 5.79. The molecular formula is C30H25NO4. The van der Waals surface area contributed by atoms with Crippen molar-refractivity contribution in [2.24, 2.45) is 4.99 Å². The van der Waals surface area contributed by atoms with Crippen LogP contribution < -0.4 is 19.6 Å². The maximum absolute atomic E-state index is 6.26. The summed E-state index contributed by atoms with van der Waals surface area (Å²) in [5.41, 5.74) is 3.58. The minimum absolute atomic E-state index is 0.636. The molecular weight excluding hydrogens is 438 g/mol. The fourth-order valence-electron chi connectivity index (χ4n) is 3.86. The van der Waals surface area contributed by atoms with Gasteiger partial charge in [0.05, 0.1) is 25.3 Å². The first-order chi connectivity index (χ1) is 17.1. The number of nitrogens with zero attached hydrogens (tertiary/aromatic N) is 1. The van der Waals surface area contributed by atoms with E-state index in [1.165, 1.54) is 0 Å². The molecule has 35 heavy (non-hydrogen) atoms. The van der Waals surface area contributed by atoms with E-state index in [1.807, 2.05) is 91.0 Å². The molecule has 1 heterocycles. The maximum atomic E-state index is 6.26. The standard InChI is InChI=1S/C30H25NO4/c1-20-9-15-27-25(17-20)26(19-29(35-27)21-10-16-28(32-2)30(18-21)33-3)31-22-11-13-24(14-12-22)34-23-7-5-4-6-8-23/h4-19H,1-3H3. The SMILES string of the molecule is COc1ccc(-c2cc(=Nc3ccc(Oc4ccccc4)cc3)c3cc(C)ccc3o2)cc1OC. The van der Waals surface area contributed by atoms with Gasteiger partial charge in [0.15, 0.2) is 11.5 Å². The van der Waals surface area contributed by atoms with E-state index in [1.54, 1.807) is 14.2 Å². The molecule has 0 N–H and O–H groups in total. The van der Waals surface area contributed by atoms with Crippen LogP contribution in [0.2, 0.25) is 0 Å². The van der Waals surface area contributed by atoms with Crippen LogP contribution in [0.4, 0.5) is 5.69 Å². The van der Waals surface area contributed by atoms with Gasteiger partial charge in [-0.25, -0.2) is 4.99 Å². The van der Waals surface area contributed by atoms with Gasteiger partial charge in [0.25, 0.3) is 0 Å². The number of fused-ring (bicyclic) bond motifs is 1. The molecule has 0 aliphatic carbocycles. The van der Waals surface area contributed by atoms with E-state index in [9.17, 15) is 0 Å². The Kier molecular flexibility index (Phi) is 6.22. The summed E-state index contributed by atoms with van der Waals surface area (Å²) in [5, 5.41) is 1.76. The molecule has 0 atom stereocenters. The monoisotopic (exact) mass is 463 g/mol. The maximum Gasteiger partial charge on any atom is 0.161 e. The molecule has 5 heteroatoms. The molecule has 0 bridgehead atoms. The van der Waals surface area contributed by atoms with E-state index >= 15 is 0 Å².